The highest BCUT2D eigenvalue weighted by Crippen LogP contribution is 2.21. The molecule has 1 atom stereocenters. The van der Waals surface area contributed by atoms with Crippen LogP contribution in [0, 0.1) is 6.92 Å². The summed E-state index contributed by atoms with van der Waals surface area (Å²) in [6.45, 7) is 2.49. The van der Waals surface area contributed by atoms with Crippen molar-refractivity contribution in [1.82, 2.24) is 0 Å². The first-order chi connectivity index (χ1) is 9.19. The van der Waals surface area contributed by atoms with E-state index < -0.39 is 0 Å². The van der Waals surface area contributed by atoms with Crippen LogP contribution in [0.25, 0.3) is 0 Å². The molecule has 2 aromatic rings. The second-order valence-corrected chi connectivity index (χ2v) is 5.00. The maximum absolute atomic E-state index is 9.48. The van der Waals surface area contributed by atoms with E-state index in [-0.39, 0.29) is 12.5 Å². The van der Waals surface area contributed by atoms with Gasteiger partial charge < -0.3 is 9.84 Å². The molecular formula is C16H17ClO2. The number of aliphatic hydroxyl groups excluding tert-OH is 1. The average Bonchev–Trinajstić information content (AvgIpc) is 2.40. The van der Waals surface area contributed by atoms with Crippen molar-refractivity contribution < 1.29 is 9.84 Å². The van der Waals surface area contributed by atoms with E-state index >= 15 is 0 Å². The molecule has 0 heterocycles. The molecule has 0 amide bonds. The summed E-state index contributed by atoms with van der Waals surface area (Å²) in [5.74, 6) is 0.750. The lowest BCUT2D eigenvalue weighted by Crippen LogP contribution is -2.14. The van der Waals surface area contributed by atoms with Gasteiger partial charge in [-0.05, 0) is 42.3 Å². The number of aryl methyl sites for hydroxylation is 1. The van der Waals surface area contributed by atoms with Crippen LogP contribution in [-0.2, 0) is 0 Å². The van der Waals surface area contributed by atoms with Crippen LogP contribution in [0.1, 0.15) is 17.0 Å². The van der Waals surface area contributed by atoms with Crippen LogP contribution in [0.3, 0.4) is 0 Å². The Bertz CT molecular complexity index is 540. The zero-order chi connectivity index (χ0) is 13.7. The number of halogens is 1. The molecule has 0 aliphatic heterocycles. The number of aliphatic hydroxyl groups is 1. The lowest BCUT2D eigenvalue weighted by molar-refractivity contribution is 0.205. The van der Waals surface area contributed by atoms with Gasteiger partial charge in [-0.1, -0.05) is 35.9 Å². The maximum Gasteiger partial charge on any atom is 0.119 e. The van der Waals surface area contributed by atoms with E-state index in [0.717, 1.165) is 16.9 Å². The fourth-order valence-corrected chi connectivity index (χ4v) is 2.12. The first-order valence-electron chi connectivity index (χ1n) is 6.25. The summed E-state index contributed by atoms with van der Waals surface area (Å²) in [4.78, 5) is 0. The van der Waals surface area contributed by atoms with Crippen molar-refractivity contribution >= 4 is 11.6 Å². The van der Waals surface area contributed by atoms with E-state index in [1.165, 1.54) is 0 Å². The van der Waals surface area contributed by atoms with Crippen LogP contribution in [-0.4, -0.2) is 18.3 Å². The molecule has 0 aliphatic rings. The van der Waals surface area contributed by atoms with Crippen LogP contribution < -0.4 is 4.74 Å². The molecule has 0 radical (unpaired) electrons. The van der Waals surface area contributed by atoms with E-state index in [2.05, 4.69) is 0 Å². The third kappa shape index (κ3) is 3.98. The minimum atomic E-state index is -0.0702. The third-order valence-electron chi connectivity index (χ3n) is 2.98. The predicted octanol–water partition coefficient (Wildman–Crippen LogP) is 3.80. The van der Waals surface area contributed by atoms with Gasteiger partial charge in [0.05, 0.1) is 13.2 Å². The van der Waals surface area contributed by atoms with E-state index in [4.69, 9.17) is 16.3 Å². The fraction of sp³-hybridized carbons (Fsp3) is 0.250. The predicted molar refractivity (Wildman–Crippen MR) is 78.0 cm³/mol. The van der Waals surface area contributed by atoms with Gasteiger partial charge in [0.1, 0.15) is 5.75 Å². The molecule has 0 saturated carbocycles. The van der Waals surface area contributed by atoms with Crippen molar-refractivity contribution in [2.75, 3.05) is 13.2 Å². The Hall–Kier alpha value is -1.51. The molecular weight excluding hydrogens is 260 g/mol. The number of ether oxygens (including phenoxy) is 1. The van der Waals surface area contributed by atoms with Gasteiger partial charge >= 0.3 is 0 Å². The number of hydrogen-bond acceptors (Lipinski definition) is 2. The maximum atomic E-state index is 9.48. The number of hydrogen-bond donors (Lipinski definition) is 1. The molecule has 1 unspecified atom stereocenters. The molecule has 0 bridgehead atoms. The summed E-state index contributed by atoms with van der Waals surface area (Å²) in [7, 11) is 0. The van der Waals surface area contributed by atoms with Crippen molar-refractivity contribution in [2.24, 2.45) is 0 Å². The summed E-state index contributed by atoms with van der Waals surface area (Å²) in [5, 5.41) is 10.2. The Morgan fingerprint density at radius 1 is 1.16 bits per heavy atom. The molecule has 0 aliphatic carbocycles. The normalized spacial score (nSPS) is 12.2. The van der Waals surface area contributed by atoms with Crippen molar-refractivity contribution in [2.45, 2.75) is 12.8 Å². The highest BCUT2D eigenvalue weighted by molar-refractivity contribution is 6.30. The smallest absolute Gasteiger partial charge is 0.119 e. The van der Waals surface area contributed by atoms with Crippen molar-refractivity contribution in [1.29, 1.82) is 0 Å². The molecule has 2 aromatic carbocycles. The Labute approximate surface area is 118 Å². The minimum absolute atomic E-state index is 0.0339. The van der Waals surface area contributed by atoms with Gasteiger partial charge in [0.25, 0.3) is 0 Å². The van der Waals surface area contributed by atoms with E-state index in [1.807, 2.05) is 55.5 Å². The van der Waals surface area contributed by atoms with Crippen LogP contribution in [0.2, 0.25) is 5.02 Å². The average molecular weight is 277 g/mol. The summed E-state index contributed by atoms with van der Waals surface area (Å²) < 4.78 is 5.73. The summed E-state index contributed by atoms with van der Waals surface area (Å²) in [5.41, 5.74) is 2.14. The highest BCUT2D eigenvalue weighted by Gasteiger charge is 2.12. The van der Waals surface area contributed by atoms with Crippen molar-refractivity contribution in [3.05, 3.63) is 64.7 Å². The number of benzene rings is 2. The molecule has 1 N–H and O–H groups in total. The highest BCUT2D eigenvalue weighted by atomic mass is 35.5. The molecule has 0 spiro atoms. The topological polar surface area (TPSA) is 29.5 Å². The summed E-state index contributed by atoms with van der Waals surface area (Å²) in [6.07, 6.45) is 0. The zero-order valence-corrected chi connectivity index (χ0v) is 11.6. The zero-order valence-electron chi connectivity index (χ0n) is 10.8. The Balaban J connectivity index is 2.04. The molecule has 0 saturated heterocycles. The molecule has 100 valence electrons. The minimum Gasteiger partial charge on any atom is -0.493 e. The van der Waals surface area contributed by atoms with Crippen LogP contribution in [0.5, 0.6) is 5.75 Å². The SMILES string of the molecule is Cc1cccc(OCC(CO)c2cccc(Cl)c2)c1. The van der Waals surface area contributed by atoms with Crippen LogP contribution >= 0.6 is 11.6 Å². The molecule has 19 heavy (non-hydrogen) atoms. The van der Waals surface area contributed by atoms with Gasteiger partial charge in [-0.25, -0.2) is 0 Å². The van der Waals surface area contributed by atoms with E-state index in [0.29, 0.717) is 11.6 Å². The molecule has 2 nitrogen and oxygen atoms in total. The molecule has 2 rings (SSSR count). The van der Waals surface area contributed by atoms with Gasteiger partial charge in [0, 0.05) is 10.9 Å². The van der Waals surface area contributed by atoms with Gasteiger partial charge in [-0.3, -0.25) is 0 Å². The lowest BCUT2D eigenvalue weighted by Gasteiger charge is -2.16. The first-order valence-corrected chi connectivity index (χ1v) is 6.62. The monoisotopic (exact) mass is 276 g/mol. The van der Waals surface area contributed by atoms with Gasteiger partial charge in [0.15, 0.2) is 0 Å². The van der Waals surface area contributed by atoms with Gasteiger partial charge in [0.2, 0.25) is 0 Å². The van der Waals surface area contributed by atoms with Gasteiger partial charge in [-0.2, -0.15) is 0 Å². The molecule has 3 heteroatoms. The molecule has 0 fully saturated rings. The van der Waals surface area contributed by atoms with E-state index in [1.54, 1.807) is 0 Å². The van der Waals surface area contributed by atoms with Crippen molar-refractivity contribution in [3.63, 3.8) is 0 Å². The standard InChI is InChI=1S/C16H17ClO2/c1-12-4-2-7-16(8-12)19-11-14(10-18)13-5-3-6-15(17)9-13/h2-9,14,18H,10-11H2,1H3. The van der Waals surface area contributed by atoms with Crippen LogP contribution in [0.15, 0.2) is 48.5 Å². The largest absolute Gasteiger partial charge is 0.493 e. The summed E-state index contributed by atoms with van der Waals surface area (Å²) >= 11 is 5.96. The van der Waals surface area contributed by atoms with Gasteiger partial charge in [-0.15, -0.1) is 0 Å². The lowest BCUT2D eigenvalue weighted by atomic mass is 10.0. The second-order valence-electron chi connectivity index (χ2n) is 4.56. The Morgan fingerprint density at radius 3 is 2.63 bits per heavy atom. The first kappa shape index (κ1) is 13.9. The van der Waals surface area contributed by atoms with Crippen molar-refractivity contribution in [3.8, 4) is 5.75 Å². The summed E-state index contributed by atoms with van der Waals surface area (Å²) in [6, 6.07) is 15.4. The quantitative estimate of drug-likeness (QED) is 0.900. The van der Waals surface area contributed by atoms with E-state index in [9.17, 15) is 5.11 Å². The number of rotatable bonds is 5. The molecule has 0 aromatic heterocycles. The third-order valence-corrected chi connectivity index (χ3v) is 3.22. The fourth-order valence-electron chi connectivity index (χ4n) is 1.92. The Kier molecular flexibility index (Phi) is 4.83. The van der Waals surface area contributed by atoms with Crippen LogP contribution in [0.4, 0.5) is 0 Å². The Morgan fingerprint density at radius 2 is 1.95 bits per heavy atom. The second kappa shape index (κ2) is 6.60.